The average molecular weight is 358 g/mol. The van der Waals surface area contributed by atoms with Crippen molar-refractivity contribution in [1.29, 1.82) is 0 Å². The van der Waals surface area contributed by atoms with Crippen LogP contribution in [0.25, 0.3) is 0 Å². The van der Waals surface area contributed by atoms with E-state index in [0.717, 1.165) is 25.0 Å². The second kappa shape index (κ2) is 23.8. The van der Waals surface area contributed by atoms with Crippen LogP contribution < -0.4 is 15.3 Å². The van der Waals surface area contributed by atoms with Gasteiger partial charge in [0.15, 0.2) is 0 Å². The van der Waals surface area contributed by atoms with Gasteiger partial charge in [-0.2, -0.15) is 0 Å². The van der Waals surface area contributed by atoms with E-state index in [2.05, 4.69) is 9.47 Å². The number of rotatable bonds is 6. The molecule has 0 atom stereocenters. The molecule has 0 saturated heterocycles. The number of ether oxygens (including phenoxy) is 2. The molecule has 7 nitrogen and oxygen atoms in total. The molecule has 0 fully saturated rings. The molecule has 0 radical (unpaired) electrons. The van der Waals surface area contributed by atoms with Gasteiger partial charge in [0, 0.05) is 12.2 Å². The standard InChI is InChI=1S/2C6H10O3.C4H9O.Al/c2*1-3-9-6(8)4-5(2)7;1-2-3-4-5;/h2*4,7H,3H2,1-2H3;2-4H2,1H3;/q;;-1;+3/p-2. The Morgan fingerprint density at radius 2 is 1.21 bits per heavy atom. The summed E-state index contributed by atoms with van der Waals surface area (Å²) in [5, 5.41) is 29.9. The number of carbonyl (C=O) groups excluding carboxylic acids is 2. The topological polar surface area (TPSA) is 122 Å². The molecule has 0 amide bonds. The quantitative estimate of drug-likeness (QED) is 0.269. The molecule has 0 aliphatic heterocycles. The summed E-state index contributed by atoms with van der Waals surface area (Å²) in [6, 6.07) is 0. The Morgan fingerprint density at radius 3 is 1.33 bits per heavy atom. The molecule has 0 aromatic heterocycles. The molecule has 0 spiro atoms. The first-order chi connectivity index (χ1) is 10.7. The molecule has 24 heavy (non-hydrogen) atoms. The van der Waals surface area contributed by atoms with Gasteiger partial charge in [-0.3, -0.25) is 0 Å². The average Bonchev–Trinajstić information content (AvgIpc) is 2.39. The van der Waals surface area contributed by atoms with Crippen molar-refractivity contribution in [1.82, 2.24) is 0 Å². The Hall–Kier alpha value is -1.49. The van der Waals surface area contributed by atoms with E-state index in [9.17, 15) is 24.9 Å². The molecule has 0 N–H and O–H groups in total. The number of allylic oxidation sites excluding steroid dienone is 2. The van der Waals surface area contributed by atoms with Crippen LogP contribution in [0.5, 0.6) is 0 Å². The largest absolute Gasteiger partial charge is 3.00 e. The molecule has 0 unspecified atom stereocenters. The second-order valence-electron chi connectivity index (χ2n) is 4.07. The van der Waals surface area contributed by atoms with Crippen LogP contribution in [0.15, 0.2) is 23.7 Å². The van der Waals surface area contributed by atoms with E-state index < -0.39 is 11.9 Å². The fourth-order valence-electron chi connectivity index (χ4n) is 0.844. The SMILES string of the molecule is CCCC[O-].CCOC(=O)C=C(C)[O-].CCOC(=O)C=C(C)[O-].[Al+3]. The Morgan fingerprint density at radius 1 is 0.875 bits per heavy atom. The first-order valence-corrected chi connectivity index (χ1v) is 7.37. The van der Waals surface area contributed by atoms with Crippen molar-refractivity contribution in [2.75, 3.05) is 19.8 Å². The van der Waals surface area contributed by atoms with Crippen LogP contribution in [0.1, 0.15) is 47.5 Å². The number of hydrogen-bond donors (Lipinski definition) is 0. The Bertz CT molecular complexity index is 323. The van der Waals surface area contributed by atoms with Gasteiger partial charge in [0.1, 0.15) is 0 Å². The molecule has 0 rings (SSSR count). The summed E-state index contributed by atoms with van der Waals surface area (Å²) in [5.74, 6) is -1.70. The molecule has 0 bridgehead atoms. The molecule has 0 aliphatic carbocycles. The maximum atomic E-state index is 10.4. The molecular formula is C16H27AlO7. The van der Waals surface area contributed by atoms with Gasteiger partial charge in [0.05, 0.1) is 13.2 Å². The van der Waals surface area contributed by atoms with E-state index >= 15 is 0 Å². The van der Waals surface area contributed by atoms with Crippen molar-refractivity contribution in [3.05, 3.63) is 23.7 Å². The molecule has 0 heterocycles. The minimum absolute atomic E-state index is 0. The normalized spacial score (nSPS) is 10.1. The summed E-state index contributed by atoms with van der Waals surface area (Å²) >= 11 is 0. The Kier molecular flexibility index (Phi) is 30.1. The van der Waals surface area contributed by atoms with Crippen LogP contribution >= 0.6 is 0 Å². The zero-order chi connectivity index (χ0) is 18.7. The third kappa shape index (κ3) is 37.1. The Balaban J connectivity index is -0.000000128. The van der Waals surface area contributed by atoms with E-state index in [4.69, 9.17) is 0 Å². The molecule has 0 saturated carbocycles. The van der Waals surface area contributed by atoms with Crippen molar-refractivity contribution in [2.24, 2.45) is 0 Å². The first-order valence-electron chi connectivity index (χ1n) is 7.37. The minimum Gasteiger partial charge on any atom is -0.875 e. The first kappa shape index (κ1) is 30.4. The van der Waals surface area contributed by atoms with Crippen molar-refractivity contribution in [3.63, 3.8) is 0 Å². The molecule has 8 heteroatoms. The number of hydrogen-bond acceptors (Lipinski definition) is 7. The van der Waals surface area contributed by atoms with Crippen molar-refractivity contribution >= 4 is 29.3 Å². The van der Waals surface area contributed by atoms with Crippen LogP contribution in [0.2, 0.25) is 0 Å². The summed E-state index contributed by atoms with van der Waals surface area (Å²) in [6.07, 6.45) is 3.70. The van der Waals surface area contributed by atoms with Gasteiger partial charge in [-0.1, -0.05) is 33.6 Å². The van der Waals surface area contributed by atoms with Crippen molar-refractivity contribution < 1.29 is 34.4 Å². The van der Waals surface area contributed by atoms with E-state index in [-0.39, 0.29) is 35.5 Å². The zero-order valence-corrected chi connectivity index (χ0v) is 16.3. The zero-order valence-electron chi connectivity index (χ0n) is 15.1. The van der Waals surface area contributed by atoms with Crippen LogP contribution in [-0.4, -0.2) is 49.1 Å². The predicted molar refractivity (Wildman–Crippen MR) is 86.3 cm³/mol. The molecule has 0 aromatic carbocycles. The summed E-state index contributed by atoms with van der Waals surface area (Å²) in [7, 11) is 0. The van der Waals surface area contributed by atoms with Gasteiger partial charge in [-0.05, 0) is 13.8 Å². The van der Waals surface area contributed by atoms with Gasteiger partial charge in [0.2, 0.25) is 0 Å². The van der Waals surface area contributed by atoms with Gasteiger partial charge in [-0.25, -0.2) is 9.59 Å². The van der Waals surface area contributed by atoms with Gasteiger partial charge in [0.25, 0.3) is 0 Å². The second-order valence-corrected chi connectivity index (χ2v) is 4.07. The molecule has 136 valence electrons. The van der Waals surface area contributed by atoms with Crippen LogP contribution in [0.4, 0.5) is 0 Å². The minimum atomic E-state index is -0.565. The number of unbranched alkanes of at least 4 members (excludes halogenated alkanes) is 1. The fourth-order valence-corrected chi connectivity index (χ4v) is 0.844. The van der Waals surface area contributed by atoms with E-state index in [1.807, 2.05) is 6.92 Å². The van der Waals surface area contributed by atoms with Crippen LogP contribution in [0, 0.1) is 0 Å². The summed E-state index contributed by atoms with van der Waals surface area (Å²) in [5.41, 5.74) is 0. The molecular weight excluding hydrogens is 331 g/mol. The fraction of sp³-hybridized carbons (Fsp3) is 0.625. The predicted octanol–water partition coefficient (Wildman–Crippen LogP) is -0.607. The van der Waals surface area contributed by atoms with Gasteiger partial charge >= 0.3 is 29.3 Å². The third-order valence-corrected chi connectivity index (χ3v) is 1.71. The smallest absolute Gasteiger partial charge is 0.875 e. The maximum Gasteiger partial charge on any atom is 3.00 e. The van der Waals surface area contributed by atoms with Crippen molar-refractivity contribution in [3.8, 4) is 0 Å². The maximum absolute atomic E-state index is 10.4. The van der Waals surface area contributed by atoms with E-state index in [1.165, 1.54) is 13.8 Å². The van der Waals surface area contributed by atoms with Gasteiger partial charge < -0.3 is 24.8 Å². The third-order valence-electron chi connectivity index (χ3n) is 1.71. The van der Waals surface area contributed by atoms with Crippen molar-refractivity contribution in [2.45, 2.75) is 47.5 Å². The summed E-state index contributed by atoms with van der Waals surface area (Å²) in [6.45, 7) is 8.70. The monoisotopic (exact) mass is 358 g/mol. The summed E-state index contributed by atoms with van der Waals surface area (Å²) in [4.78, 5) is 20.7. The summed E-state index contributed by atoms with van der Waals surface area (Å²) < 4.78 is 8.87. The molecule has 0 aromatic rings. The molecule has 0 aliphatic rings. The number of carbonyl (C=O) groups is 2. The van der Waals surface area contributed by atoms with E-state index in [0.29, 0.717) is 13.2 Å². The van der Waals surface area contributed by atoms with Gasteiger partial charge in [-0.15, -0.1) is 18.1 Å². The Labute approximate surface area is 155 Å². The number of esters is 2. The van der Waals surface area contributed by atoms with Crippen LogP contribution in [-0.2, 0) is 19.1 Å². The van der Waals surface area contributed by atoms with Crippen LogP contribution in [0.3, 0.4) is 0 Å². The van der Waals surface area contributed by atoms with E-state index in [1.54, 1.807) is 13.8 Å².